The highest BCUT2D eigenvalue weighted by Crippen LogP contribution is 2.40. The number of aryl methyl sites for hydroxylation is 2. The zero-order chi connectivity index (χ0) is 18.8. The van der Waals surface area contributed by atoms with Crippen LogP contribution >= 0.6 is 11.6 Å². The molecular weight excluding hydrogens is 358 g/mol. The smallest absolute Gasteiger partial charge is 0.110 e. The van der Waals surface area contributed by atoms with Crippen molar-refractivity contribution in [2.75, 3.05) is 13.6 Å². The summed E-state index contributed by atoms with van der Waals surface area (Å²) in [7, 11) is 2.16. The Hall–Kier alpha value is -1.88. The molecule has 0 saturated carbocycles. The van der Waals surface area contributed by atoms with Gasteiger partial charge in [-0.05, 0) is 63.1 Å². The molecule has 1 unspecified atom stereocenters. The second kappa shape index (κ2) is 6.06. The molecule has 0 spiro atoms. The summed E-state index contributed by atoms with van der Waals surface area (Å²) in [6, 6.07) is 10.2. The van der Waals surface area contributed by atoms with E-state index in [-0.39, 0.29) is 0 Å². The fourth-order valence-corrected chi connectivity index (χ4v) is 5.01. The second-order valence-electron chi connectivity index (χ2n) is 8.14. The van der Waals surface area contributed by atoms with E-state index in [2.05, 4.69) is 39.7 Å². The van der Waals surface area contributed by atoms with Gasteiger partial charge in [-0.1, -0.05) is 17.7 Å². The molecule has 1 N–H and O–H groups in total. The van der Waals surface area contributed by atoms with Gasteiger partial charge >= 0.3 is 0 Å². The van der Waals surface area contributed by atoms with Crippen molar-refractivity contribution in [1.82, 2.24) is 14.5 Å². The third-order valence-corrected chi connectivity index (χ3v) is 6.46. The normalized spacial score (nSPS) is 22.2. The first-order chi connectivity index (χ1) is 12.9. The molecule has 27 heavy (non-hydrogen) atoms. The maximum atomic E-state index is 11.6. The third-order valence-electron chi connectivity index (χ3n) is 6.22. The fourth-order valence-electron chi connectivity index (χ4n) is 4.84. The number of halogens is 1. The minimum atomic E-state index is -0.870. The van der Waals surface area contributed by atoms with Crippen LogP contribution in [0.3, 0.4) is 0 Å². The number of hydrogen-bond acceptors (Lipinski definition) is 3. The molecule has 1 aromatic carbocycles. The van der Waals surface area contributed by atoms with E-state index in [1.807, 2.05) is 19.1 Å². The molecule has 5 rings (SSSR count). The van der Waals surface area contributed by atoms with Crippen LogP contribution in [0.1, 0.15) is 34.6 Å². The molecule has 2 aliphatic rings. The van der Waals surface area contributed by atoms with Crippen LogP contribution in [0, 0.1) is 6.92 Å². The molecule has 140 valence electrons. The predicted octanol–water partition coefficient (Wildman–Crippen LogP) is 3.82. The number of fused-ring (bicyclic) bond motifs is 4. The molecule has 0 saturated heterocycles. The van der Waals surface area contributed by atoms with E-state index >= 15 is 0 Å². The van der Waals surface area contributed by atoms with Crippen LogP contribution in [0.4, 0.5) is 0 Å². The van der Waals surface area contributed by atoms with Gasteiger partial charge in [-0.3, -0.25) is 4.98 Å². The van der Waals surface area contributed by atoms with Crippen molar-refractivity contribution in [2.45, 2.75) is 44.9 Å². The molecule has 1 aliphatic carbocycles. The molecule has 5 heteroatoms. The SMILES string of the molecule is Cc1ccc2c(n1)CCC2(O)Cn1c2c(c3cc(Cl)ccc31)CCN(C)C2. The van der Waals surface area contributed by atoms with Crippen molar-refractivity contribution in [3.05, 3.63) is 63.6 Å². The highest BCUT2D eigenvalue weighted by molar-refractivity contribution is 6.31. The average molecular weight is 382 g/mol. The van der Waals surface area contributed by atoms with E-state index in [4.69, 9.17) is 11.6 Å². The summed E-state index contributed by atoms with van der Waals surface area (Å²) in [4.78, 5) is 7.00. The number of pyridine rings is 1. The summed E-state index contributed by atoms with van der Waals surface area (Å²) in [5, 5.41) is 13.6. The van der Waals surface area contributed by atoms with Crippen LogP contribution in [0.25, 0.3) is 10.9 Å². The molecule has 3 aromatic rings. The lowest BCUT2D eigenvalue weighted by atomic mass is 9.96. The maximum Gasteiger partial charge on any atom is 0.110 e. The number of aromatic nitrogens is 2. The first-order valence-electron chi connectivity index (χ1n) is 9.62. The predicted molar refractivity (Wildman–Crippen MR) is 108 cm³/mol. The summed E-state index contributed by atoms with van der Waals surface area (Å²) in [5.41, 5.74) is 6.03. The third kappa shape index (κ3) is 2.70. The summed E-state index contributed by atoms with van der Waals surface area (Å²) in [6.07, 6.45) is 2.57. The molecule has 1 atom stereocenters. The number of rotatable bonds is 2. The lowest BCUT2D eigenvalue weighted by Crippen LogP contribution is -2.32. The van der Waals surface area contributed by atoms with Crippen molar-refractivity contribution in [1.29, 1.82) is 0 Å². The molecule has 1 aliphatic heterocycles. The first kappa shape index (κ1) is 17.2. The van der Waals surface area contributed by atoms with Gasteiger partial charge in [-0.15, -0.1) is 0 Å². The van der Waals surface area contributed by atoms with Gasteiger partial charge in [0.15, 0.2) is 0 Å². The average Bonchev–Trinajstić information content (AvgIpc) is 3.10. The zero-order valence-electron chi connectivity index (χ0n) is 15.8. The molecule has 2 aromatic heterocycles. The number of nitrogens with zero attached hydrogens (tertiary/aromatic N) is 3. The van der Waals surface area contributed by atoms with Crippen LogP contribution in [0.15, 0.2) is 30.3 Å². The van der Waals surface area contributed by atoms with Crippen LogP contribution < -0.4 is 0 Å². The largest absolute Gasteiger partial charge is 0.383 e. The molecule has 0 amide bonds. The highest BCUT2D eigenvalue weighted by Gasteiger charge is 2.39. The van der Waals surface area contributed by atoms with Crippen LogP contribution in [-0.2, 0) is 31.5 Å². The Morgan fingerprint density at radius 1 is 1.22 bits per heavy atom. The van der Waals surface area contributed by atoms with Gasteiger partial charge in [-0.2, -0.15) is 0 Å². The van der Waals surface area contributed by atoms with Crippen molar-refractivity contribution < 1.29 is 5.11 Å². The highest BCUT2D eigenvalue weighted by atomic mass is 35.5. The monoisotopic (exact) mass is 381 g/mol. The van der Waals surface area contributed by atoms with Crippen molar-refractivity contribution >= 4 is 22.5 Å². The molecule has 4 nitrogen and oxygen atoms in total. The number of likely N-dealkylation sites (N-methyl/N-ethyl adjacent to an activating group) is 1. The van der Waals surface area contributed by atoms with Crippen LogP contribution in [0.5, 0.6) is 0 Å². The van der Waals surface area contributed by atoms with Gasteiger partial charge in [0.1, 0.15) is 5.60 Å². The Bertz CT molecular complexity index is 1060. The van der Waals surface area contributed by atoms with Crippen molar-refractivity contribution in [2.24, 2.45) is 0 Å². The van der Waals surface area contributed by atoms with Crippen molar-refractivity contribution in [3.8, 4) is 0 Å². The number of benzene rings is 1. The Kier molecular flexibility index (Phi) is 3.87. The van der Waals surface area contributed by atoms with Gasteiger partial charge in [0.2, 0.25) is 0 Å². The Morgan fingerprint density at radius 2 is 2.07 bits per heavy atom. The molecule has 0 bridgehead atoms. The Balaban J connectivity index is 1.65. The van der Waals surface area contributed by atoms with Gasteiger partial charge in [0, 0.05) is 51.7 Å². The maximum absolute atomic E-state index is 11.6. The van der Waals surface area contributed by atoms with E-state index in [1.165, 1.54) is 22.2 Å². The van der Waals surface area contributed by atoms with Gasteiger partial charge in [0.05, 0.1) is 6.54 Å². The summed E-state index contributed by atoms with van der Waals surface area (Å²) < 4.78 is 2.33. The molecule has 3 heterocycles. The summed E-state index contributed by atoms with van der Waals surface area (Å²) >= 11 is 6.30. The van der Waals surface area contributed by atoms with Crippen LogP contribution in [-0.4, -0.2) is 33.1 Å². The zero-order valence-corrected chi connectivity index (χ0v) is 16.6. The van der Waals surface area contributed by atoms with E-state index < -0.39 is 5.60 Å². The number of aliphatic hydroxyl groups is 1. The van der Waals surface area contributed by atoms with Gasteiger partial charge in [0.25, 0.3) is 0 Å². The summed E-state index contributed by atoms with van der Waals surface area (Å²) in [5.74, 6) is 0. The second-order valence-corrected chi connectivity index (χ2v) is 8.58. The van der Waals surface area contributed by atoms with E-state index in [0.29, 0.717) is 6.54 Å². The van der Waals surface area contributed by atoms with Crippen LogP contribution in [0.2, 0.25) is 5.02 Å². The molecule has 0 fully saturated rings. The van der Waals surface area contributed by atoms with E-state index in [1.54, 1.807) is 0 Å². The lowest BCUT2D eigenvalue weighted by Gasteiger charge is -2.29. The number of hydrogen-bond donors (Lipinski definition) is 1. The summed E-state index contributed by atoms with van der Waals surface area (Å²) in [6.45, 7) is 4.52. The lowest BCUT2D eigenvalue weighted by molar-refractivity contribution is 0.0202. The molecular formula is C22H24ClN3O. The van der Waals surface area contributed by atoms with E-state index in [9.17, 15) is 5.11 Å². The standard InChI is InChI=1S/C22H24ClN3O/c1-14-3-5-18-19(24-14)7-9-22(18,27)13-26-20-6-4-15(23)11-17(20)16-8-10-25(2)12-21(16)26/h3-6,11,27H,7-10,12-13H2,1-2H3. The molecule has 0 radical (unpaired) electrons. The van der Waals surface area contributed by atoms with Crippen molar-refractivity contribution in [3.63, 3.8) is 0 Å². The fraction of sp³-hybridized carbons (Fsp3) is 0.409. The van der Waals surface area contributed by atoms with E-state index in [0.717, 1.165) is 54.3 Å². The Labute approximate surface area is 164 Å². The topological polar surface area (TPSA) is 41.3 Å². The van der Waals surface area contributed by atoms with Gasteiger partial charge < -0.3 is 14.6 Å². The first-order valence-corrected chi connectivity index (χ1v) is 10.00. The quantitative estimate of drug-likeness (QED) is 0.733. The minimum absolute atomic E-state index is 0.562. The van der Waals surface area contributed by atoms with Gasteiger partial charge in [-0.25, -0.2) is 0 Å². The minimum Gasteiger partial charge on any atom is -0.383 e. The Morgan fingerprint density at radius 3 is 2.93 bits per heavy atom.